The average Bonchev–Trinajstić information content (AvgIpc) is 3.31. The second kappa shape index (κ2) is 14.7. The van der Waals surface area contributed by atoms with E-state index in [-0.39, 0.29) is 47.6 Å². The monoisotopic (exact) mass is 656 g/mol. The number of likely N-dealkylation sites (tertiary alicyclic amines) is 1. The molecule has 0 bridgehead atoms. The van der Waals surface area contributed by atoms with E-state index in [1.165, 1.54) is 11.1 Å². The maximum absolute atomic E-state index is 14.2. The zero-order valence-electron chi connectivity index (χ0n) is 28.6. The first-order chi connectivity index (χ1) is 21.8. The van der Waals surface area contributed by atoms with Crippen LogP contribution in [0.3, 0.4) is 0 Å². The molecule has 5 amide bonds. The Bertz CT molecular complexity index is 1390. The van der Waals surface area contributed by atoms with E-state index in [2.05, 4.69) is 32.8 Å². The number of urea groups is 1. The molecule has 4 N–H and O–H groups in total. The minimum Gasteiger partial charge on any atom is -0.344 e. The van der Waals surface area contributed by atoms with Gasteiger partial charge >= 0.3 is 6.03 Å². The summed E-state index contributed by atoms with van der Waals surface area (Å²) in [6.07, 6.45) is 2.12. The molecule has 1 aliphatic heterocycles. The second-order valence-corrected chi connectivity index (χ2v) is 14.5. The normalized spacial score (nSPS) is 21.5. The Balaban J connectivity index is 1.82. The molecule has 1 saturated heterocycles. The zero-order valence-corrected chi connectivity index (χ0v) is 28.6. The molecule has 2 aliphatic rings. The first-order valence-corrected chi connectivity index (χ1v) is 16.1. The van der Waals surface area contributed by atoms with Crippen molar-refractivity contribution in [3.63, 3.8) is 0 Å². The Hall–Kier alpha value is -4.16. The van der Waals surface area contributed by atoms with Crippen LogP contribution in [0.25, 0.3) is 0 Å². The van der Waals surface area contributed by atoms with Gasteiger partial charge in [0.1, 0.15) is 23.6 Å². The lowest BCUT2D eigenvalue weighted by molar-refractivity contribution is -0.145. The van der Waals surface area contributed by atoms with Gasteiger partial charge in [-0.05, 0) is 47.1 Å². The summed E-state index contributed by atoms with van der Waals surface area (Å²) in [4.78, 5) is 85.5. The molecule has 1 aromatic heterocycles. The van der Waals surface area contributed by atoms with Crippen LogP contribution in [0.5, 0.6) is 0 Å². The molecule has 1 aliphatic carbocycles. The quantitative estimate of drug-likeness (QED) is 0.177. The molecule has 2 fully saturated rings. The van der Waals surface area contributed by atoms with Crippen molar-refractivity contribution in [2.24, 2.45) is 28.6 Å². The van der Waals surface area contributed by atoms with E-state index in [4.69, 9.17) is 0 Å². The maximum Gasteiger partial charge on any atom is 0.316 e. The molecule has 0 spiro atoms. The van der Waals surface area contributed by atoms with E-state index in [1.807, 2.05) is 13.8 Å². The van der Waals surface area contributed by atoms with Crippen molar-refractivity contribution in [3.05, 3.63) is 42.5 Å². The third-order valence-electron chi connectivity index (χ3n) is 9.18. The van der Waals surface area contributed by atoms with E-state index in [0.717, 1.165) is 0 Å². The molecule has 1 saturated carbocycles. The summed E-state index contributed by atoms with van der Waals surface area (Å²) in [5, 5.41) is 10.3. The fourth-order valence-corrected chi connectivity index (χ4v) is 6.38. The fourth-order valence-electron chi connectivity index (χ4n) is 6.38. The van der Waals surface area contributed by atoms with Crippen LogP contribution in [0.2, 0.25) is 0 Å². The molecule has 3 rings (SSSR count). The summed E-state index contributed by atoms with van der Waals surface area (Å²) in [5.41, 5.74) is -0.844. The number of aromatic nitrogens is 1. The van der Waals surface area contributed by atoms with Crippen molar-refractivity contribution in [1.29, 1.82) is 0 Å². The molecule has 0 aromatic carbocycles. The number of pyridine rings is 1. The van der Waals surface area contributed by atoms with Gasteiger partial charge in [0.05, 0.1) is 18.6 Å². The van der Waals surface area contributed by atoms with Gasteiger partial charge in [0.15, 0.2) is 0 Å². The van der Waals surface area contributed by atoms with Gasteiger partial charge in [0, 0.05) is 12.7 Å². The van der Waals surface area contributed by atoms with E-state index in [0.29, 0.717) is 6.42 Å². The standard InChI is InChI=1S/C34H49FN6O6/c1-10-13-22(27(43)30(45)37-16-19(4)35)38-29(44)25-23-20(34(23,8)9)17-41(25)31(46)28(33(5,6)7)40-32(47)39-24(18(2)3)26(42)21-14-11-12-15-36-21/h11-12,14-15,18,20,22-25,28H,4,10,13,16-17H2,1-3,5-9H3,(H,37,45)(H,38,44)(H2,39,40,47)/t20-,22?,23-,24-,25-,28+/m0/s1. The van der Waals surface area contributed by atoms with Gasteiger partial charge in [0.25, 0.3) is 5.91 Å². The number of rotatable bonds is 14. The van der Waals surface area contributed by atoms with Crippen molar-refractivity contribution in [1.82, 2.24) is 31.2 Å². The van der Waals surface area contributed by atoms with Crippen LogP contribution in [0.4, 0.5) is 9.18 Å². The summed E-state index contributed by atoms with van der Waals surface area (Å²) in [6, 6.07) is 0.0927. The van der Waals surface area contributed by atoms with Crippen molar-refractivity contribution >= 4 is 35.3 Å². The number of carbonyl (C=O) groups excluding carboxylic acids is 6. The molecule has 0 radical (unpaired) electrons. The summed E-state index contributed by atoms with van der Waals surface area (Å²) < 4.78 is 13.1. The van der Waals surface area contributed by atoms with Gasteiger partial charge in [-0.2, -0.15) is 0 Å². The predicted octanol–water partition coefficient (Wildman–Crippen LogP) is 2.94. The minimum atomic E-state index is -1.18. The first-order valence-electron chi connectivity index (χ1n) is 16.1. The zero-order chi connectivity index (χ0) is 35.4. The SMILES string of the molecule is C=C(F)CNC(=O)C(=O)C(CCC)NC(=O)[C@@H]1[C@@H]2[C@H](CN1C(=O)[C@@H](NC(=O)N[C@H](C(=O)c1ccccn1)C(C)C)C(C)(C)C)C2(C)C. The molecule has 6 atom stereocenters. The number of nitrogens with zero attached hydrogens (tertiary/aromatic N) is 2. The molecule has 47 heavy (non-hydrogen) atoms. The van der Waals surface area contributed by atoms with Crippen molar-refractivity contribution in [3.8, 4) is 0 Å². The Morgan fingerprint density at radius 3 is 2.28 bits per heavy atom. The maximum atomic E-state index is 14.2. The largest absolute Gasteiger partial charge is 0.344 e. The van der Waals surface area contributed by atoms with Crippen LogP contribution in [0, 0.1) is 28.6 Å². The number of fused-ring (bicyclic) bond motifs is 1. The van der Waals surface area contributed by atoms with E-state index in [1.54, 1.807) is 59.7 Å². The molecule has 13 heteroatoms. The van der Waals surface area contributed by atoms with Gasteiger partial charge in [0.2, 0.25) is 23.4 Å². The number of hydrogen-bond acceptors (Lipinski definition) is 7. The smallest absolute Gasteiger partial charge is 0.316 e. The number of halogens is 1. The van der Waals surface area contributed by atoms with Crippen LogP contribution in [-0.4, -0.2) is 82.5 Å². The summed E-state index contributed by atoms with van der Waals surface area (Å²) >= 11 is 0. The first kappa shape index (κ1) is 37.3. The van der Waals surface area contributed by atoms with Gasteiger partial charge in [-0.25, -0.2) is 9.18 Å². The summed E-state index contributed by atoms with van der Waals surface area (Å²) in [6.45, 7) is 17.5. The minimum absolute atomic E-state index is 0.0113. The topological polar surface area (TPSA) is 167 Å². The van der Waals surface area contributed by atoms with Crippen molar-refractivity contribution < 1.29 is 33.2 Å². The van der Waals surface area contributed by atoms with E-state index < -0.39 is 71.5 Å². The van der Waals surface area contributed by atoms with Crippen molar-refractivity contribution in [2.45, 2.75) is 92.4 Å². The fraction of sp³-hybridized carbons (Fsp3) is 0.618. The van der Waals surface area contributed by atoms with Gasteiger partial charge in [-0.3, -0.25) is 29.0 Å². The Morgan fingerprint density at radius 1 is 1.09 bits per heavy atom. The van der Waals surface area contributed by atoms with Crippen LogP contribution in [0.1, 0.15) is 78.7 Å². The molecule has 1 aromatic rings. The highest BCUT2D eigenvalue weighted by atomic mass is 19.1. The Labute approximate surface area is 276 Å². The van der Waals surface area contributed by atoms with E-state index in [9.17, 15) is 33.2 Å². The number of hydrogen-bond donors (Lipinski definition) is 4. The lowest BCUT2D eigenvalue weighted by Crippen LogP contribution is -2.62. The number of piperidine rings is 1. The van der Waals surface area contributed by atoms with Crippen LogP contribution in [-0.2, 0) is 19.2 Å². The van der Waals surface area contributed by atoms with Crippen LogP contribution in [0.15, 0.2) is 36.8 Å². The third-order valence-corrected chi connectivity index (χ3v) is 9.18. The molecule has 1 unspecified atom stereocenters. The molecular weight excluding hydrogens is 607 g/mol. The summed E-state index contributed by atoms with van der Waals surface area (Å²) in [7, 11) is 0. The lowest BCUT2D eigenvalue weighted by atomic mass is 9.85. The Kier molecular flexibility index (Phi) is 11.7. The highest BCUT2D eigenvalue weighted by Gasteiger charge is 2.70. The lowest BCUT2D eigenvalue weighted by Gasteiger charge is -2.38. The predicted molar refractivity (Wildman–Crippen MR) is 173 cm³/mol. The second-order valence-electron chi connectivity index (χ2n) is 14.5. The highest BCUT2D eigenvalue weighted by Crippen LogP contribution is 2.65. The molecule has 2 heterocycles. The van der Waals surface area contributed by atoms with Crippen LogP contribution >= 0.6 is 0 Å². The number of Topliss-reactive ketones (excluding diaryl/α,β-unsaturated/α-hetero) is 2. The number of amides is 5. The van der Waals surface area contributed by atoms with E-state index >= 15 is 0 Å². The highest BCUT2D eigenvalue weighted by molar-refractivity contribution is 6.38. The van der Waals surface area contributed by atoms with Crippen LogP contribution < -0.4 is 21.3 Å². The molecular formula is C34H49FN6O6. The number of nitrogens with one attached hydrogen (secondary N) is 4. The third kappa shape index (κ3) is 8.61. The average molecular weight is 657 g/mol. The van der Waals surface area contributed by atoms with Crippen molar-refractivity contribution in [2.75, 3.05) is 13.1 Å². The number of carbonyl (C=O) groups is 6. The molecule has 258 valence electrons. The van der Waals surface area contributed by atoms with Gasteiger partial charge in [-0.1, -0.05) is 74.5 Å². The van der Waals surface area contributed by atoms with Gasteiger partial charge in [-0.15, -0.1) is 0 Å². The van der Waals surface area contributed by atoms with Gasteiger partial charge < -0.3 is 26.2 Å². The summed E-state index contributed by atoms with van der Waals surface area (Å²) in [5.74, 6) is -4.69. The molecule has 12 nitrogen and oxygen atoms in total. The number of ketones is 2. The Morgan fingerprint density at radius 2 is 1.74 bits per heavy atom.